The Labute approximate surface area is 157 Å². The van der Waals surface area contributed by atoms with Crippen molar-refractivity contribution in [3.8, 4) is 5.75 Å². The van der Waals surface area contributed by atoms with Gasteiger partial charge in [0.05, 0.1) is 11.4 Å². The fourth-order valence-electron chi connectivity index (χ4n) is 3.36. The third-order valence-corrected chi connectivity index (χ3v) is 4.70. The van der Waals surface area contributed by atoms with Crippen LogP contribution in [0.2, 0.25) is 0 Å². The van der Waals surface area contributed by atoms with E-state index in [0.29, 0.717) is 23.5 Å². The number of rotatable bonds is 4. The summed E-state index contributed by atoms with van der Waals surface area (Å²) in [4.78, 5) is 26.7. The van der Waals surface area contributed by atoms with Gasteiger partial charge in [0.2, 0.25) is 5.91 Å². The van der Waals surface area contributed by atoms with Crippen LogP contribution in [-0.2, 0) is 9.59 Å². The van der Waals surface area contributed by atoms with E-state index >= 15 is 0 Å². The summed E-state index contributed by atoms with van der Waals surface area (Å²) in [6.07, 6.45) is -0.169. The summed E-state index contributed by atoms with van der Waals surface area (Å²) < 4.78 is 6.12. The topological polar surface area (TPSA) is 58.6 Å². The van der Waals surface area contributed by atoms with Crippen LogP contribution >= 0.6 is 0 Å². The first-order valence-electron chi connectivity index (χ1n) is 9.02. The minimum Gasteiger partial charge on any atom is -0.480 e. The van der Waals surface area contributed by atoms with Gasteiger partial charge in [-0.05, 0) is 30.0 Å². The standard InChI is InChI=1S/C22H20N2O3/c1-2-19(27-20-13-7-9-15-8-3-4-10-16(15)20)22(26)24-14-21(25)23-17-11-5-6-12-18(17)24/h3-13,19H,2,14H2,1H3,(H,23,25)/t19-/m0/s1. The first-order chi connectivity index (χ1) is 13.2. The summed E-state index contributed by atoms with van der Waals surface area (Å²) in [5.41, 5.74) is 1.34. The number of hydrogen-bond donors (Lipinski definition) is 1. The number of fused-ring (bicyclic) bond motifs is 2. The van der Waals surface area contributed by atoms with Gasteiger partial charge in [0.25, 0.3) is 5.91 Å². The second-order valence-corrected chi connectivity index (χ2v) is 6.48. The Morgan fingerprint density at radius 2 is 1.81 bits per heavy atom. The maximum atomic E-state index is 13.2. The van der Waals surface area contributed by atoms with Gasteiger partial charge in [-0.25, -0.2) is 0 Å². The fraction of sp³-hybridized carbons (Fsp3) is 0.182. The molecule has 5 heteroatoms. The summed E-state index contributed by atoms with van der Waals surface area (Å²) in [5.74, 6) is 0.248. The Morgan fingerprint density at radius 3 is 2.67 bits per heavy atom. The molecule has 1 heterocycles. The molecule has 3 aromatic rings. The summed E-state index contributed by atoms with van der Waals surface area (Å²) in [5, 5.41) is 4.82. The van der Waals surface area contributed by atoms with E-state index in [4.69, 9.17) is 4.74 Å². The van der Waals surface area contributed by atoms with Crippen molar-refractivity contribution in [2.45, 2.75) is 19.4 Å². The van der Waals surface area contributed by atoms with Crippen molar-refractivity contribution < 1.29 is 14.3 Å². The Kier molecular flexibility index (Phi) is 4.50. The minimum absolute atomic E-state index is 0.00869. The van der Waals surface area contributed by atoms with Crippen LogP contribution in [-0.4, -0.2) is 24.5 Å². The van der Waals surface area contributed by atoms with Crippen molar-refractivity contribution in [1.29, 1.82) is 0 Å². The predicted octanol–water partition coefficient (Wildman–Crippen LogP) is 3.98. The molecule has 4 rings (SSSR count). The zero-order valence-corrected chi connectivity index (χ0v) is 15.0. The Balaban J connectivity index is 1.65. The van der Waals surface area contributed by atoms with Gasteiger partial charge < -0.3 is 10.1 Å². The van der Waals surface area contributed by atoms with Crippen LogP contribution in [0.15, 0.2) is 66.7 Å². The van der Waals surface area contributed by atoms with Crippen molar-refractivity contribution in [2.24, 2.45) is 0 Å². The lowest BCUT2D eigenvalue weighted by atomic mass is 10.1. The summed E-state index contributed by atoms with van der Waals surface area (Å²) in [6.45, 7) is 1.90. The largest absolute Gasteiger partial charge is 0.480 e. The van der Waals surface area contributed by atoms with Gasteiger partial charge in [0.15, 0.2) is 6.10 Å². The molecule has 0 spiro atoms. The third-order valence-electron chi connectivity index (χ3n) is 4.70. The van der Waals surface area contributed by atoms with Crippen LogP contribution in [0.5, 0.6) is 5.75 Å². The quantitative estimate of drug-likeness (QED) is 0.765. The van der Waals surface area contributed by atoms with Crippen LogP contribution in [0.25, 0.3) is 10.8 Å². The number of anilines is 2. The molecule has 136 valence electrons. The lowest BCUT2D eigenvalue weighted by Crippen LogP contribution is -2.48. The lowest BCUT2D eigenvalue weighted by Gasteiger charge is -2.31. The van der Waals surface area contributed by atoms with Crippen molar-refractivity contribution in [2.75, 3.05) is 16.8 Å². The number of amides is 2. The number of para-hydroxylation sites is 2. The lowest BCUT2D eigenvalue weighted by molar-refractivity contribution is -0.127. The first-order valence-corrected chi connectivity index (χ1v) is 9.02. The molecule has 3 aromatic carbocycles. The van der Waals surface area contributed by atoms with Gasteiger partial charge in [0, 0.05) is 5.39 Å². The van der Waals surface area contributed by atoms with Gasteiger partial charge in [0.1, 0.15) is 12.3 Å². The maximum Gasteiger partial charge on any atom is 0.268 e. The van der Waals surface area contributed by atoms with E-state index in [1.54, 1.807) is 6.07 Å². The van der Waals surface area contributed by atoms with E-state index in [-0.39, 0.29) is 18.4 Å². The van der Waals surface area contributed by atoms with Gasteiger partial charge >= 0.3 is 0 Å². The van der Waals surface area contributed by atoms with E-state index < -0.39 is 6.10 Å². The molecule has 27 heavy (non-hydrogen) atoms. The van der Waals surface area contributed by atoms with Gasteiger partial charge in [-0.1, -0.05) is 55.5 Å². The average Bonchev–Trinajstić information content (AvgIpc) is 2.71. The molecule has 0 aromatic heterocycles. The van der Waals surface area contributed by atoms with E-state index in [1.165, 1.54) is 4.90 Å². The van der Waals surface area contributed by atoms with Crippen LogP contribution < -0.4 is 15.0 Å². The monoisotopic (exact) mass is 360 g/mol. The zero-order valence-electron chi connectivity index (χ0n) is 15.0. The summed E-state index contributed by atoms with van der Waals surface area (Å²) in [6, 6.07) is 21.0. The molecule has 0 unspecified atom stereocenters. The molecule has 5 nitrogen and oxygen atoms in total. The number of nitrogens with zero attached hydrogens (tertiary/aromatic N) is 1. The molecular formula is C22H20N2O3. The number of ether oxygens (including phenoxy) is 1. The molecule has 1 atom stereocenters. The number of benzene rings is 3. The SMILES string of the molecule is CC[C@H](Oc1cccc2ccccc12)C(=O)N1CC(=O)Nc2ccccc21. The van der Waals surface area contributed by atoms with E-state index in [9.17, 15) is 9.59 Å². The van der Waals surface area contributed by atoms with Gasteiger partial charge in [-0.2, -0.15) is 0 Å². The molecular weight excluding hydrogens is 340 g/mol. The molecule has 0 radical (unpaired) electrons. The Morgan fingerprint density at radius 1 is 1.07 bits per heavy atom. The van der Waals surface area contributed by atoms with Crippen molar-refractivity contribution in [3.05, 3.63) is 66.7 Å². The molecule has 0 aliphatic carbocycles. The molecule has 0 saturated heterocycles. The second-order valence-electron chi connectivity index (χ2n) is 6.48. The number of nitrogens with one attached hydrogen (secondary N) is 1. The molecule has 1 N–H and O–H groups in total. The molecule has 0 saturated carbocycles. The summed E-state index contributed by atoms with van der Waals surface area (Å²) >= 11 is 0. The smallest absolute Gasteiger partial charge is 0.268 e. The van der Waals surface area contributed by atoms with Crippen molar-refractivity contribution in [1.82, 2.24) is 0 Å². The molecule has 1 aliphatic rings. The number of carbonyl (C=O) groups is 2. The van der Waals surface area contributed by atoms with Crippen LogP contribution in [0.1, 0.15) is 13.3 Å². The summed E-state index contributed by atoms with van der Waals surface area (Å²) in [7, 11) is 0. The third kappa shape index (κ3) is 3.24. The molecule has 0 fully saturated rings. The fourth-order valence-corrected chi connectivity index (χ4v) is 3.36. The molecule has 1 aliphatic heterocycles. The number of hydrogen-bond acceptors (Lipinski definition) is 3. The van der Waals surface area contributed by atoms with E-state index in [1.807, 2.05) is 67.6 Å². The molecule has 0 bridgehead atoms. The number of carbonyl (C=O) groups excluding carboxylic acids is 2. The first kappa shape index (κ1) is 17.1. The van der Waals surface area contributed by atoms with Crippen LogP contribution in [0.4, 0.5) is 11.4 Å². The van der Waals surface area contributed by atoms with Crippen molar-refractivity contribution >= 4 is 34.0 Å². The highest BCUT2D eigenvalue weighted by Gasteiger charge is 2.32. The highest BCUT2D eigenvalue weighted by Crippen LogP contribution is 2.31. The Bertz CT molecular complexity index is 1010. The normalized spacial score (nSPS) is 14.4. The maximum absolute atomic E-state index is 13.2. The predicted molar refractivity (Wildman–Crippen MR) is 106 cm³/mol. The highest BCUT2D eigenvalue weighted by atomic mass is 16.5. The van der Waals surface area contributed by atoms with Gasteiger partial charge in [-0.3, -0.25) is 14.5 Å². The van der Waals surface area contributed by atoms with Crippen molar-refractivity contribution in [3.63, 3.8) is 0 Å². The van der Waals surface area contributed by atoms with Crippen LogP contribution in [0, 0.1) is 0 Å². The second kappa shape index (κ2) is 7.11. The average molecular weight is 360 g/mol. The minimum atomic E-state index is -0.672. The zero-order chi connectivity index (χ0) is 18.8. The van der Waals surface area contributed by atoms with E-state index in [2.05, 4.69) is 5.32 Å². The Hall–Kier alpha value is -3.34. The van der Waals surface area contributed by atoms with E-state index in [0.717, 1.165) is 10.8 Å². The molecule has 2 amide bonds. The highest BCUT2D eigenvalue weighted by molar-refractivity contribution is 6.11. The van der Waals surface area contributed by atoms with Crippen LogP contribution in [0.3, 0.4) is 0 Å². The van der Waals surface area contributed by atoms with Gasteiger partial charge in [-0.15, -0.1) is 0 Å².